The monoisotopic (exact) mass is 407 g/mol. The summed E-state index contributed by atoms with van der Waals surface area (Å²) in [6, 6.07) is 9.04. The Bertz CT molecular complexity index is 938. The Hall–Kier alpha value is -3.49. The number of carbonyl (C=O) groups is 2. The number of fused-ring (bicyclic) bond motifs is 1. The standard InChI is InChI=1S/C20H16F3NO5/c1-12(19(26)24-15-6-4-14(5-7-15)20(21,22)23)29-18(25)9-3-13-2-8-16-17(10-13)28-11-27-16/h2-10,12H,11H2,1H3,(H,24,26)/b9-3+. The summed E-state index contributed by atoms with van der Waals surface area (Å²) in [6.45, 7) is 1.49. The van der Waals surface area contributed by atoms with Gasteiger partial charge in [0.25, 0.3) is 5.91 Å². The Morgan fingerprint density at radius 1 is 1.10 bits per heavy atom. The maximum atomic E-state index is 12.5. The molecule has 6 nitrogen and oxygen atoms in total. The van der Waals surface area contributed by atoms with E-state index >= 15 is 0 Å². The van der Waals surface area contributed by atoms with Crippen molar-refractivity contribution in [3.63, 3.8) is 0 Å². The Labute approximate surface area is 163 Å². The third-order valence-corrected chi connectivity index (χ3v) is 3.95. The molecule has 0 radical (unpaired) electrons. The van der Waals surface area contributed by atoms with Crippen molar-refractivity contribution in [2.24, 2.45) is 0 Å². The molecule has 0 aromatic heterocycles. The lowest BCUT2D eigenvalue weighted by Crippen LogP contribution is -2.29. The fourth-order valence-corrected chi connectivity index (χ4v) is 2.43. The highest BCUT2D eigenvalue weighted by Gasteiger charge is 2.30. The number of anilines is 1. The van der Waals surface area contributed by atoms with Crippen molar-refractivity contribution in [1.82, 2.24) is 0 Å². The molecule has 0 fully saturated rings. The van der Waals surface area contributed by atoms with Crippen molar-refractivity contribution in [3.8, 4) is 11.5 Å². The van der Waals surface area contributed by atoms with Crippen LogP contribution in [0.2, 0.25) is 0 Å². The molecule has 0 spiro atoms. The predicted octanol–water partition coefficient (Wildman–Crippen LogP) is 4.02. The van der Waals surface area contributed by atoms with Gasteiger partial charge in [0.1, 0.15) is 0 Å². The van der Waals surface area contributed by atoms with Gasteiger partial charge >= 0.3 is 12.1 Å². The lowest BCUT2D eigenvalue weighted by atomic mass is 10.2. The number of nitrogens with one attached hydrogen (secondary N) is 1. The van der Waals surface area contributed by atoms with E-state index in [4.69, 9.17) is 14.2 Å². The molecule has 2 aromatic carbocycles. The van der Waals surface area contributed by atoms with Crippen LogP contribution in [0.5, 0.6) is 11.5 Å². The van der Waals surface area contributed by atoms with Gasteiger partial charge in [-0.05, 0) is 55.0 Å². The average Bonchev–Trinajstić information content (AvgIpc) is 3.14. The van der Waals surface area contributed by atoms with Crippen molar-refractivity contribution in [2.75, 3.05) is 12.1 Å². The number of amides is 1. The molecular weight excluding hydrogens is 391 g/mol. The highest BCUT2D eigenvalue weighted by molar-refractivity contribution is 5.96. The second-order valence-electron chi connectivity index (χ2n) is 6.09. The third-order valence-electron chi connectivity index (χ3n) is 3.95. The van der Waals surface area contributed by atoms with Gasteiger partial charge in [-0.2, -0.15) is 13.2 Å². The van der Waals surface area contributed by atoms with E-state index in [1.807, 2.05) is 0 Å². The highest BCUT2D eigenvalue weighted by atomic mass is 19.4. The average molecular weight is 407 g/mol. The van der Waals surface area contributed by atoms with Crippen LogP contribution in [0.15, 0.2) is 48.5 Å². The molecule has 2 aromatic rings. The number of esters is 1. The van der Waals surface area contributed by atoms with Gasteiger partial charge in [0.15, 0.2) is 17.6 Å². The summed E-state index contributed by atoms with van der Waals surface area (Å²) in [7, 11) is 0. The van der Waals surface area contributed by atoms with E-state index < -0.39 is 29.7 Å². The molecule has 1 unspecified atom stereocenters. The Kier molecular flexibility index (Phi) is 5.76. The molecule has 1 aliphatic rings. The molecule has 9 heteroatoms. The van der Waals surface area contributed by atoms with Gasteiger partial charge < -0.3 is 19.5 Å². The largest absolute Gasteiger partial charge is 0.454 e. The van der Waals surface area contributed by atoms with Crippen LogP contribution in [0.3, 0.4) is 0 Å². The van der Waals surface area contributed by atoms with Crippen LogP contribution in [-0.4, -0.2) is 24.8 Å². The maximum Gasteiger partial charge on any atom is 0.416 e. The molecule has 1 aliphatic heterocycles. The van der Waals surface area contributed by atoms with Crippen LogP contribution in [0.1, 0.15) is 18.1 Å². The van der Waals surface area contributed by atoms with Gasteiger partial charge in [-0.3, -0.25) is 4.79 Å². The van der Waals surface area contributed by atoms with Crippen LogP contribution in [0.4, 0.5) is 18.9 Å². The van der Waals surface area contributed by atoms with Crippen molar-refractivity contribution in [3.05, 3.63) is 59.7 Å². The first kappa shape index (κ1) is 20.2. The molecule has 1 N–H and O–H groups in total. The van der Waals surface area contributed by atoms with Crippen LogP contribution in [0.25, 0.3) is 6.08 Å². The summed E-state index contributed by atoms with van der Waals surface area (Å²) in [5.41, 5.74) is -0.00140. The summed E-state index contributed by atoms with van der Waals surface area (Å²) in [5, 5.41) is 2.39. The van der Waals surface area contributed by atoms with Gasteiger partial charge in [-0.1, -0.05) is 6.07 Å². The number of hydrogen-bond acceptors (Lipinski definition) is 5. The summed E-state index contributed by atoms with van der Waals surface area (Å²) in [4.78, 5) is 24.0. The van der Waals surface area contributed by atoms with E-state index in [-0.39, 0.29) is 12.5 Å². The minimum absolute atomic E-state index is 0.135. The molecule has 0 bridgehead atoms. The second-order valence-corrected chi connectivity index (χ2v) is 6.09. The number of hydrogen-bond donors (Lipinski definition) is 1. The molecule has 1 atom stereocenters. The van der Waals surface area contributed by atoms with Crippen LogP contribution in [-0.2, 0) is 20.5 Å². The van der Waals surface area contributed by atoms with Crippen molar-refractivity contribution in [2.45, 2.75) is 19.2 Å². The summed E-state index contributed by atoms with van der Waals surface area (Å²) < 4.78 is 53.1. The molecule has 29 heavy (non-hydrogen) atoms. The zero-order valence-corrected chi connectivity index (χ0v) is 15.2. The Morgan fingerprint density at radius 3 is 2.48 bits per heavy atom. The predicted molar refractivity (Wildman–Crippen MR) is 97.2 cm³/mol. The lowest BCUT2D eigenvalue weighted by molar-refractivity contribution is -0.148. The van der Waals surface area contributed by atoms with Gasteiger partial charge in [0, 0.05) is 11.8 Å². The molecule has 0 saturated carbocycles. The fraction of sp³-hybridized carbons (Fsp3) is 0.200. The van der Waals surface area contributed by atoms with E-state index in [0.29, 0.717) is 17.1 Å². The number of rotatable bonds is 5. The number of benzene rings is 2. The highest BCUT2D eigenvalue weighted by Crippen LogP contribution is 2.33. The Balaban J connectivity index is 1.53. The van der Waals surface area contributed by atoms with Crippen molar-refractivity contribution >= 4 is 23.6 Å². The number of halogens is 3. The first-order chi connectivity index (χ1) is 13.7. The number of alkyl halides is 3. The topological polar surface area (TPSA) is 73.9 Å². The molecule has 1 heterocycles. The normalized spacial score (nSPS) is 13.9. The SMILES string of the molecule is CC(OC(=O)/C=C/c1ccc2c(c1)OCO2)C(=O)Nc1ccc(C(F)(F)F)cc1. The second kappa shape index (κ2) is 8.26. The molecular formula is C20H16F3NO5. The lowest BCUT2D eigenvalue weighted by Gasteiger charge is -2.13. The van der Waals surface area contributed by atoms with E-state index in [9.17, 15) is 22.8 Å². The van der Waals surface area contributed by atoms with Gasteiger partial charge in [0.2, 0.25) is 6.79 Å². The summed E-state index contributed by atoms with van der Waals surface area (Å²) in [5.74, 6) is -0.254. The van der Waals surface area contributed by atoms with Crippen LogP contribution in [0, 0.1) is 0 Å². The summed E-state index contributed by atoms with van der Waals surface area (Å²) in [6.07, 6.45) is -2.97. The Morgan fingerprint density at radius 2 is 1.79 bits per heavy atom. The smallest absolute Gasteiger partial charge is 0.416 e. The van der Waals surface area contributed by atoms with Crippen LogP contribution < -0.4 is 14.8 Å². The minimum Gasteiger partial charge on any atom is -0.454 e. The molecule has 0 aliphatic carbocycles. The first-order valence-electron chi connectivity index (χ1n) is 8.49. The molecule has 0 saturated heterocycles. The van der Waals surface area contributed by atoms with Crippen molar-refractivity contribution in [1.29, 1.82) is 0 Å². The van der Waals surface area contributed by atoms with E-state index in [0.717, 1.165) is 30.3 Å². The van der Waals surface area contributed by atoms with Gasteiger partial charge in [-0.25, -0.2) is 4.79 Å². The molecule has 152 valence electrons. The van der Waals surface area contributed by atoms with Crippen LogP contribution >= 0.6 is 0 Å². The van der Waals surface area contributed by atoms with E-state index in [1.54, 1.807) is 18.2 Å². The van der Waals surface area contributed by atoms with E-state index in [1.165, 1.54) is 13.0 Å². The minimum atomic E-state index is -4.46. The fourth-order valence-electron chi connectivity index (χ4n) is 2.43. The quantitative estimate of drug-likeness (QED) is 0.599. The van der Waals surface area contributed by atoms with Gasteiger partial charge in [-0.15, -0.1) is 0 Å². The van der Waals surface area contributed by atoms with Gasteiger partial charge in [0.05, 0.1) is 5.56 Å². The zero-order valence-electron chi connectivity index (χ0n) is 15.2. The first-order valence-corrected chi connectivity index (χ1v) is 8.49. The summed E-state index contributed by atoms with van der Waals surface area (Å²) >= 11 is 0. The van der Waals surface area contributed by atoms with E-state index in [2.05, 4.69) is 5.32 Å². The zero-order chi connectivity index (χ0) is 21.0. The number of carbonyl (C=O) groups excluding carboxylic acids is 2. The third kappa shape index (κ3) is 5.28. The van der Waals surface area contributed by atoms with Crippen molar-refractivity contribution < 1.29 is 37.0 Å². The maximum absolute atomic E-state index is 12.5. The molecule has 3 rings (SSSR count). The molecule has 1 amide bonds. The number of ether oxygens (including phenoxy) is 3.